The number of rotatable bonds is 2. The minimum absolute atomic E-state index is 0.0730. The highest BCUT2D eigenvalue weighted by atomic mass is 16.3. The molecule has 0 heterocycles. The number of nitrogens with two attached hydrogens (primary N) is 1. The largest absolute Gasteiger partial charge is 0.399 e. The first-order valence-electron chi connectivity index (χ1n) is 10.6. The molecule has 5 heteroatoms. The molecule has 4 rings (SSSR count). The Hall–Kier alpha value is -1.88. The Labute approximate surface area is 167 Å². The molecule has 1 aromatic carbocycles. The Balaban J connectivity index is 1.55. The number of hydrogen-bond donors (Lipinski definition) is 3. The van der Waals surface area contributed by atoms with Gasteiger partial charge in [0.05, 0.1) is 0 Å². The van der Waals surface area contributed by atoms with E-state index in [1.165, 1.54) is 25.0 Å². The molecule has 1 aromatic rings. The first-order chi connectivity index (χ1) is 13.1. The number of carbonyl (C=O) groups is 2. The number of aliphatic hydroxyl groups is 1. The van der Waals surface area contributed by atoms with Crippen LogP contribution in [0.15, 0.2) is 18.2 Å². The maximum absolute atomic E-state index is 12.9. The standard InChI is InChI=1S/C23H32N2O3/c1-22(2,28)21(27)25-20(26)19-9-8-18-17-6-4-13-12-14(24)5-7-15(13)16(17)10-11-23(18,19)3/h5,7,12,16-19,28H,4,6,8-11,24H2,1-3H3,(H,25,26,27)/t16-,17-,18+,19?,23+/m1/s1. The van der Waals surface area contributed by atoms with Gasteiger partial charge in [0.2, 0.25) is 5.91 Å². The highest BCUT2D eigenvalue weighted by Gasteiger charge is 2.56. The van der Waals surface area contributed by atoms with E-state index in [1.807, 2.05) is 6.07 Å². The van der Waals surface area contributed by atoms with Crippen molar-refractivity contribution in [2.24, 2.45) is 23.2 Å². The van der Waals surface area contributed by atoms with Crippen molar-refractivity contribution < 1.29 is 14.7 Å². The summed E-state index contributed by atoms with van der Waals surface area (Å²) in [6.07, 6.45) is 6.15. The summed E-state index contributed by atoms with van der Waals surface area (Å²) in [7, 11) is 0. The molecule has 2 saturated carbocycles. The van der Waals surface area contributed by atoms with Crippen LogP contribution < -0.4 is 11.1 Å². The number of nitrogens with one attached hydrogen (secondary N) is 1. The van der Waals surface area contributed by atoms with E-state index in [2.05, 4.69) is 24.4 Å². The van der Waals surface area contributed by atoms with Crippen LogP contribution in [-0.4, -0.2) is 22.5 Å². The third kappa shape index (κ3) is 3.04. The monoisotopic (exact) mass is 384 g/mol. The molecule has 28 heavy (non-hydrogen) atoms. The smallest absolute Gasteiger partial charge is 0.257 e. The van der Waals surface area contributed by atoms with Crippen molar-refractivity contribution in [1.82, 2.24) is 5.32 Å². The number of aryl methyl sites for hydroxylation is 1. The third-order valence-corrected chi connectivity index (χ3v) is 7.86. The molecule has 152 valence electrons. The summed E-state index contributed by atoms with van der Waals surface area (Å²) >= 11 is 0. The zero-order chi connectivity index (χ0) is 20.3. The van der Waals surface area contributed by atoms with Gasteiger partial charge in [-0.3, -0.25) is 14.9 Å². The lowest BCUT2D eigenvalue weighted by Crippen LogP contribution is -2.51. The molecule has 5 nitrogen and oxygen atoms in total. The molecule has 0 saturated heterocycles. The molecule has 2 amide bonds. The van der Waals surface area contributed by atoms with E-state index in [0.29, 0.717) is 17.8 Å². The fourth-order valence-electron chi connectivity index (χ4n) is 6.38. The van der Waals surface area contributed by atoms with Crippen LogP contribution in [0.5, 0.6) is 0 Å². The van der Waals surface area contributed by atoms with Gasteiger partial charge >= 0.3 is 0 Å². The van der Waals surface area contributed by atoms with Crippen LogP contribution in [0, 0.1) is 23.2 Å². The molecule has 2 fully saturated rings. The Kier molecular flexibility index (Phi) is 4.57. The lowest BCUT2D eigenvalue weighted by Gasteiger charge is -2.50. The lowest BCUT2D eigenvalue weighted by molar-refractivity contribution is -0.144. The van der Waals surface area contributed by atoms with Gasteiger partial charge in [-0.15, -0.1) is 0 Å². The lowest BCUT2D eigenvalue weighted by atomic mass is 9.54. The van der Waals surface area contributed by atoms with Crippen LogP contribution in [0.2, 0.25) is 0 Å². The second kappa shape index (κ2) is 6.58. The summed E-state index contributed by atoms with van der Waals surface area (Å²) in [6.45, 7) is 5.07. The summed E-state index contributed by atoms with van der Waals surface area (Å²) in [5.41, 5.74) is 8.07. The maximum atomic E-state index is 12.9. The molecule has 0 aromatic heterocycles. The van der Waals surface area contributed by atoms with Crippen molar-refractivity contribution in [1.29, 1.82) is 0 Å². The molecule has 0 radical (unpaired) electrons. The van der Waals surface area contributed by atoms with E-state index in [9.17, 15) is 14.7 Å². The highest BCUT2D eigenvalue weighted by Crippen LogP contribution is 2.63. The van der Waals surface area contributed by atoms with E-state index in [0.717, 1.165) is 44.2 Å². The minimum Gasteiger partial charge on any atom is -0.399 e. The van der Waals surface area contributed by atoms with Gasteiger partial charge in [-0.2, -0.15) is 0 Å². The van der Waals surface area contributed by atoms with Crippen molar-refractivity contribution in [2.45, 2.75) is 70.8 Å². The van der Waals surface area contributed by atoms with Crippen molar-refractivity contribution in [3.8, 4) is 0 Å². The average Bonchev–Trinajstić information content (AvgIpc) is 2.97. The first kappa shape index (κ1) is 19.4. The van der Waals surface area contributed by atoms with Gasteiger partial charge in [0.15, 0.2) is 0 Å². The summed E-state index contributed by atoms with van der Waals surface area (Å²) in [5, 5.41) is 12.3. The van der Waals surface area contributed by atoms with E-state index in [4.69, 9.17) is 5.73 Å². The number of fused-ring (bicyclic) bond motifs is 5. The number of anilines is 1. The van der Waals surface area contributed by atoms with Crippen LogP contribution in [0.25, 0.3) is 0 Å². The van der Waals surface area contributed by atoms with Crippen LogP contribution in [0.3, 0.4) is 0 Å². The maximum Gasteiger partial charge on any atom is 0.257 e. The van der Waals surface area contributed by atoms with E-state index in [1.54, 1.807) is 0 Å². The molecular formula is C23H32N2O3. The fraction of sp³-hybridized carbons (Fsp3) is 0.652. The van der Waals surface area contributed by atoms with Crippen molar-refractivity contribution in [3.05, 3.63) is 29.3 Å². The van der Waals surface area contributed by atoms with Crippen LogP contribution in [-0.2, 0) is 16.0 Å². The van der Waals surface area contributed by atoms with Crippen molar-refractivity contribution in [2.75, 3.05) is 5.73 Å². The van der Waals surface area contributed by atoms with Crippen LogP contribution >= 0.6 is 0 Å². The van der Waals surface area contributed by atoms with Gasteiger partial charge in [-0.1, -0.05) is 13.0 Å². The number of imide groups is 1. The summed E-state index contributed by atoms with van der Waals surface area (Å²) < 4.78 is 0. The number of hydrogen-bond acceptors (Lipinski definition) is 4. The second-order valence-corrected chi connectivity index (χ2v) is 9.93. The zero-order valence-corrected chi connectivity index (χ0v) is 17.1. The number of nitrogen functional groups attached to an aromatic ring is 1. The number of benzene rings is 1. The number of carbonyl (C=O) groups excluding carboxylic acids is 2. The van der Waals surface area contributed by atoms with Gasteiger partial charge in [-0.05, 0) is 98.8 Å². The molecule has 1 unspecified atom stereocenters. The Morgan fingerprint density at radius 1 is 1.21 bits per heavy atom. The summed E-state index contributed by atoms with van der Waals surface area (Å²) in [5.74, 6) is 0.685. The molecule has 5 atom stereocenters. The molecule has 0 aliphatic heterocycles. The van der Waals surface area contributed by atoms with Crippen molar-refractivity contribution in [3.63, 3.8) is 0 Å². The highest BCUT2D eigenvalue weighted by molar-refractivity contribution is 6.00. The van der Waals surface area contributed by atoms with Gasteiger partial charge in [0, 0.05) is 11.6 Å². The zero-order valence-electron chi connectivity index (χ0n) is 17.1. The topological polar surface area (TPSA) is 92.4 Å². The Morgan fingerprint density at radius 2 is 1.96 bits per heavy atom. The van der Waals surface area contributed by atoms with Crippen molar-refractivity contribution >= 4 is 17.5 Å². The molecule has 4 N–H and O–H groups in total. The normalized spacial score (nSPS) is 34.1. The average molecular weight is 385 g/mol. The predicted octanol–water partition coefficient (Wildman–Crippen LogP) is 3.15. The molecule has 3 aliphatic carbocycles. The second-order valence-electron chi connectivity index (χ2n) is 9.93. The predicted molar refractivity (Wildman–Crippen MR) is 108 cm³/mol. The summed E-state index contributed by atoms with van der Waals surface area (Å²) in [6, 6.07) is 6.36. The summed E-state index contributed by atoms with van der Waals surface area (Å²) in [4.78, 5) is 25.0. The van der Waals surface area contributed by atoms with Gasteiger partial charge in [-0.25, -0.2) is 0 Å². The molecule has 0 bridgehead atoms. The van der Waals surface area contributed by atoms with E-state index in [-0.39, 0.29) is 17.2 Å². The first-order valence-corrected chi connectivity index (χ1v) is 10.6. The fourth-order valence-corrected chi connectivity index (χ4v) is 6.38. The van der Waals surface area contributed by atoms with Gasteiger partial charge in [0.25, 0.3) is 5.91 Å². The molecule has 3 aliphatic rings. The van der Waals surface area contributed by atoms with Crippen LogP contribution in [0.4, 0.5) is 5.69 Å². The van der Waals surface area contributed by atoms with Gasteiger partial charge in [0.1, 0.15) is 5.60 Å². The molecule has 0 spiro atoms. The Morgan fingerprint density at radius 3 is 2.68 bits per heavy atom. The SMILES string of the molecule is CC(C)(O)C(=O)NC(=O)C1CC[C@H]2[C@@H]3CCc4cc(N)ccc4[C@H]3CC[C@]12C. The molecular weight excluding hydrogens is 352 g/mol. The van der Waals surface area contributed by atoms with E-state index >= 15 is 0 Å². The van der Waals surface area contributed by atoms with E-state index < -0.39 is 11.5 Å². The van der Waals surface area contributed by atoms with Crippen LogP contribution in [0.1, 0.15) is 69.9 Å². The van der Waals surface area contributed by atoms with Gasteiger partial charge < -0.3 is 10.8 Å². The Bertz CT molecular complexity index is 813. The quantitative estimate of drug-likeness (QED) is 0.683. The minimum atomic E-state index is -1.54. The number of amides is 2. The third-order valence-electron chi connectivity index (χ3n) is 7.86.